The van der Waals surface area contributed by atoms with Crippen LogP contribution in [0.1, 0.15) is 126 Å². The maximum atomic E-state index is 13.5. The second kappa shape index (κ2) is 9.42. The second-order valence-corrected chi connectivity index (χ2v) is 17.2. The zero-order valence-corrected chi connectivity index (χ0v) is 27.0. The lowest BCUT2D eigenvalue weighted by Crippen LogP contribution is -2.69. The van der Waals surface area contributed by atoms with Crippen molar-refractivity contribution in [2.75, 3.05) is 19.6 Å². The molecule has 0 aromatic heterocycles. The number of carbonyl (C=O) groups excluding carboxylic acids is 2. The molecule has 0 aromatic carbocycles. The number of hydrogen-bond acceptors (Lipinski definition) is 3. The molecule has 1 heterocycles. The molecule has 1 N–H and O–H groups in total. The minimum atomic E-state index is 0.0735. The number of rotatable bonds is 4. The molecule has 0 spiro atoms. The Hall–Kier alpha value is -1.16. The highest BCUT2D eigenvalue weighted by Crippen LogP contribution is 2.76. The maximum Gasteiger partial charge on any atom is 0.234 e. The zero-order chi connectivity index (χ0) is 28.9. The number of ketones is 1. The number of nitrogens with one attached hydrogen (secondary N) is 1. The SMILES string of the molecule is CC(C)C1=C2[C@H]3CC[C@@H]4[C@@]5(C)C(NC(=O)CN6CCCC6)CCC(C)(C)[C@@H]5CC[C@@]4(C)[C@]3(C)CC[C@@]2(C)CC1=O. The topological polar surface area (TPSA) is 49.4 Å². The third-order valence-corrected chi connectivity index (χ3v) is 14.6. The van der Waals surface area contributed by atoms with Gasteiger partial charge in [-0.05, 0) is 134 Å². The fourth-order valence-corrected chi connectivity index (χ4v) is 12.5. The van der Waals surface area contributed by atoms with E-state index in [9.17, 15) is 9.59 Å². The van der Waals surface area contributed by atoms with Crippen LogP contribution in [0.3, 0.4) is 0 Å². The van der Waals surface area contributed by atoms with Crippen LogP contribution < -0.4 is 5.32 Å². The molecule has 5 fully saturated rings. The average molecular weight is 551 g/mol. The van der Waals surface area contributed by atoms with Crippen LogP contribution in [-0.2, 0) is 9.59 Å². The van der Waals surface area contributed by atoms with Gasteiger partial charge in [-0.25, -0.2) is 0 Å². The smallest absolute Gasteiger partial charge is 0.234 e. The highest BCUT2D eigenvalue weighted by atomic mass is 16.2. The number of allylic oxidation sites excluding steroid dienone is 2. The average Bonchev–Trinajstić information content (AvgIpc) is 3.46. The third-order valence-electron chi connectivity index (χ3n) is 14.6. The predicted octanol–water partition coefficient (Wildman–Crippen LogP) is 7.57. The van der Waals surface area contributed by atoms with Gasteiger partial charge in [0.2, 0.25) is 5.91 Å². The van der Waals surface area contributed by atoms with Crippen LogP contribution >= 0.6 is 0 Å². The van der Waals surface area contributed by atoms with Gasteiger partial charge in [-0.2, -0.15) is 0 Å². The number of amides is 1. The number of likely N-dealkylation sites (tertiary alicyclic amines) is 1. The first-order chi connectivity index (χ1) is 18.7. The molecule has 0 bridgehead atoms. The van der Waals surface area contributed by atoms with Gasteiger partial charge in [-0.3, -0.25) is 14.5 Å². The molecule has 4 nitrogen and oxygen atoms in total. The Kier molecular flexibility index (Phi) is 6.81. The van der Waals surface area contributed by atoms with Gasteiger partial charge in [0, 0.05) is 12.5 Å². The van der Waals surface area contributed by atoms with E-state index in [-0.39, 0.29) is 33.6 Å². The second-order valence-electron chi connectivity index (χ2n) is 17.2. The van der Waals surface area contributed by atoms with E-state index in [2.05, 4.69) is 65.6 Å². The fourth-order valence-electron chi connectivity index (χ4n) is 12.5. The van der Waals surface area contributed by atoms with E-state index >= 15 is 0 Å². The molecule has 1 amide bonds. The summed E-state index contributed by atoms with van der Waals surface area (Å²) in [6.45, 7) is 22.6. The Labute approximate surface area is 244 Å². The Bertz CT molecular complexity index is 1100. The monoisotopic (exact) mass is 550 g/mol. The molecular formula is C36H58N2O2. The van der Waals surface area contributed by atoms with Gasteiger partial charge in [-0.1, -0.05) is 61.0 Å². The molecule has 5 aliphatic carbocycles. The third kappa shape index (κ3) is 3.92. The van der Waals surface area contributed by atoms with Crippen molar-refractivity contribution in [3.05, 3.63) is 11.1 Å². The number of Topliss-reactive ketones (excluding diaryl/α,β-unsaturated/α-hetero) is 1. The number of fused-ring (bicyclic) bond motifs is 7. The van der Waals surface area contributed by atoms with E-state index < -0.39 is 0 Å². The highest BCUT2D eigenvalue weighted by Gasteiger charge is 2.70. The molecule has 0 radical (unpaired) electrons. The van der Waals surface area contributed by atoms with Crippen molar-refractivity contribution < 1.29 is 9.59 Å². The standard InChI is InChI=1S/C36H58N2O2/c1-23(2)30-25(39)21-33(5)17-18-34(6)24(31(30)33)11-12-27-35(34,7)16-13-26-32(3,4)15-14-28(36(26,27)8)37-29(40)22-38-19-9-10-20-38/h23-24,26-28H,9-22H2,1-8H3,(H,37,40)/t24-,26+,27+,28?,33+,34-,35-,36+/m1/s1. The summed E-state index contributed by atoms with van der Waals surface area (Å²) in [4.78, 5) is 29.2. The van der Waals surface area contributed by atoms with Crippen LogP contribution in [0.5, 0.6) is 0 Å². The van der Waals surface area contributed by atoms with Crippen molar-refractivity contribution in [2.45, 2.75) is 132 Å². The molecule has 4 heteroatoms. The van der Waals surface area contributed by atoms with Gasteiger partial charge in [0.1, 0.15) is 0 Å². The van der Waals surface area contributed by atoms with Crippen molar-refractivity contribution in [1.29, 1.82) is 0 Å². The summed E-state index contributed by atoms with van der Waals surface area (Å²) in [6, 6.07) is 0.262. The van der Waals surface area contributed by atoms with Crippen LogP contribution in [-0.4, -0.2) is 42.3 Å². The highest BCUT2D eigenvalue weighted by molar-refractivity contribution is 6.00. The predicted molar refractivity (Wildman–Crippen MR) is 163 cm³/mol. The first-order valence-electron chi connectivity index (χ1n) is 17.0. The molecule has 0 aromatic rings. The summed E-state index contributed by atoms with van der Waals surface area (Å²) in [6.07, 6.45) is 12.9. The van der Waals surface area contributed by atoms with Crippen LogP contribution in [0.2, 0.25) is 0 Å². The van der Waals surface area contributed by atoms with Crippen molar-refractivity contribution in [1.82, 2.24) is 10.2 Å². The minimum absolute atomic E-state index is 0.0735. The Morgan fingerprint density at radius 3 is 2.25 bits per heavy atom. The van der Waals surface area contributed by atoms with Gasteiger partial charge < -0.3 is 5.32 Å². The van der Waals surface area contributed by atoms with E-state index in [4.69, 9.17) is 0 Å². The summed E-state index contributed by atoms with van der Waals surface area (Å²) in [7, 11) is 0. The molecule has 6 rings (SSSR count). The molecule has 8 atom stereocenters. The van der Waals surface area contributed by atoms with Gasteiger partial charge in [0.15, 0.2) is 5.78 Å². The lowest BCUT2D eigenvalue weighted by Gasteiger charge is -2.72. The lowest BCUT2D eigenvalue weighted by molar-refractivity contribution is -0.220. The zero-order valence-electron chi connectivity index (χ0n) is 27.0. The van der Waals surface area contributed by atoms with E-state index in [0.29, 0.717) is 41.4 Å². The first-order valence-corrected chi connectivity index (χ1v) is 17.0. The van der Waals surface area contributed by atoms with Crippen molar-refractivity contribution in [3.8, 4) is 0 Å². The molecule has 40 heavy (non-hydrogen) atoms. The molecular weight excluding hydrogens is 492 g/mol. The summed E-state index contributed by atoms with van der Waals surface area (Å²) in [5.74, 6) is 2.77. The first kappa shape index (κ1) is 28.9. The maximum absolute atomic E-state index is 13.5. The van der Waals surface area contributed by atoms with Crippen molar-refractivity contribution in [3.63, 3.8) is 0 Å². The van der Waals surface area contributed by atoms with E-state index in [0.717, 1.165) is 32.4 Å². The molecule has 4 saturated carbocycles. The lowest BCUT2D eigenvalue weighted by atomic mass is 9.32. The van der Waals surface area contributed by atoms with Crippen LogP contribution in [0, 0.1) is 50.7 Å². The normalized spacial score (nSPS) is 46.6. The summed E-state index contributed by atoms with van der Waals surface area (Å²) in [5.41, 5.74) is 3.68. The quantitative estimate of drug-likeness (QED) is 0.393. The fraction of sp³-hybridized carbons (Fsp3) is 0.889. The summed E-state index contributed by atoms with van der Waals surface area (Å²) < 4.78 is 0. The van der Waals surface area contributed by atoms with E-state index in [1.54, 1.807) is 5.57 Å². The van der Waals surface area contributed by atoms with E-state index in [1.807, 2.05) is 0 Å². The van der Waals surface area contributed by atoms with Gasteiger partial charge in [0.25, 0.3) is 0 Å². The molecule has 1 unspecified atom stereocenters. The Morgan fingerprint density at radius 2 is 1.57 bits per heavy atom. The molecule has 224 valence electrons. The van der Waals surface area contributed by atoms with Gasteiger partial charge >= 0.3 is 0 Å². The number of nitrogens with zero attached hydrogens (tertiary/aromatic N) is 1. The van der Waals surface area contributed by atoms with E-state index in [1.165, 1.54) is 56.9 Å². The summed E-state index contributed by atoms with van der Waals surface area (Å²) in [5, 5.41) is 3.69. The Morgan fingerprint density at radius 1 is 0.875 bits per heavy atom. The van der Waals surface area contributed by atoms with Gasteiger partial charge in [0.05, 0.1) is 6.54 Å². The molecule has 6 aliphatic rings. The molecule has 1 aliphatic heterocycles. The van der Waals surface area contributed by atoms with Crippen LogP contribution in [0.4, 0.5) is 0 Å². The van der Waals surface area contributed by atoms with Crippen LogP contribution in [0.15, 0.2) is 11.1 Å². The number of carbonyl (C=O) groups is 2. The minimum Gasteiger partial charge on any atom is -0.352 e. The number of hydrogen-bond donors (Lipinski definition) is 1. The van der Waals surface area contributed by atoms with Crippen molar-refractivity contribution in [2.24, 2.45) is 50.7 Å². The summed E-state index contributed by atoms with van der Waals surface area (Å²) >= 11 is 0. The Balaban J connectivity index is 1.37. The molecule has 1 saturated heterocycles. The van der Waals surface area contributed by atoms with Gasteiger partial charge in [-0.15, -0.1) is 0 Å². The van der Waals surface area contributed by atoms with Crippen molar-refractivity contribution >= 4 is 11.7 Å². The largest absolute Gasteiger partial charge is 0.352 e. The van der Waals surface area contributed by atoms with Crippen LogP contribution in [0.25, 0.3) is 0 Å².